The molecule has 0 radical (unpaired) electrons. The van der Waals surface area contributed by atoms with Gasteiger partial charge >= 0.3 is 0 Å². The lowest BCUT2D eigenvalue weighted by Crippen LogP contribution is -2.29. The molecule has 0 unspecified atom stereocenters. The van der Waals surface area contributed by atoms with Crippen molar-refractivity contribution in [2.45, 2.75) is 25.8 Å². The van der Waals surface area contributed by atoms with E-state index in [1.807, 2.05) is 31.2 Å². The zero-order valence-corrected chi connectivity index (χ0v) is 10.0. The van der Waals surface area contributed by atoms with Gasteiger partial charge in [-0.05, 0) is 31.9 Å². The fourth-order valence-corrected chi connectivity index (χ4v) is 1.56. The molecule has 0 bridgehead atoms. The molecule has 0 heterocycles. The molecular formula is C13H18N2O2. The third-order valence-electron chi connectivity index (χ3n) is 2.56. The number of benzene rings is 1. The van der Waals surface area contributed by atoms with Crippen LogP contribution in [-0.4, -0.2) is 25.1 Å². The van der Waals surface area contributed by atoms with Gasteiger partial charge in [-0.1, -0.05) is 6.07 Å². The molecule has 1 aliphatic rings. The first-order chi connectivity index (χ1) is 8.28. The van der Waals surface area contributed by atoms with Crippen LogP contribution in [0, 0.1) is 0 Å². The maximum Gasteiger partial charge on any atom is 0.238 e. The summed E-state index contributed by atoms with van der Waals surface area (Å²) in [6.45, 7) is 2.94. The molecule has 0 atom stereocenters. The molecule has 0 saturated heterocycles. The molecule has 0 spiro atoms. The number of amides is 1. The van der Waals surface area contributed by atoms with Crippen molar-refractivity contribution in [3.63, 3.8) is 0 Å². The van der Waals surface area contributed by atoms with E-state index in [2.05, 4.69) is 10.6 Å². The Kier molecular flexibility index (Phi) is 3.98. The molecule has 0 aromatic heterocycles. The minimum atomic E-state index is -0.00875. The first kappa shape index (κ1) is 11.9. The second-order valence-electron chi connectivity index (χ2n) is 4.16. The second kappa shape index (κ2) is 5.68. The normalized spacial score (nSPS) is 14.4. The largest absolute Gasteiger partial charge is 0.494 e. The highest BCUT2D eigenvalue weighted by atomic mass is 16.5. The highest BCUT2D eigenvalue weighted by Gasteiger charge is 2.21. The minimum Gasteiger partial charge on any atom is -0.494 e. The zero-order valence-electron chi connectivity index (χ0n) is 10.0. The maximum absolute atomic E-state index is 11.6. The van der Waals surface area contributed by atoms with Gasteiger partial charge < -0.3 is 15.4 Å². The average molecular weight is 234 g/mol. The van der Waals surface area contributed by atoms with Crippen molar-refractivity contribution < 1.29 is 9.53 Å². The molecule has 1 aromatic carbocycles. The Bertz CT molecular complexity index is 389. The van der Waals surface area contributed by atoms with E-state index in [4.69, 9.17) is 4.74 Å². The summed E-state index contributed by atoms with van der Waals surface area (Å²) in [6, 6.07) is 7.99. The summed E-state index contributed by atoms with van der Waals surface area (Å²) >= 11 is 0. The monoisotopic (exact) mass is 234 g/mol. The van der Waals surface area contributed by atoms with Gasteiger partial charge in [0.25, 0.3) is 0 Å². The Morgan fingerprint density at radius 1 is 1.47 bits per heavy atom. The van der Waals surface area contributed by atoms with Crippen molar-refractivity contribution in [3.05, 3.63) is 24.3 Å². The quantitative estimate of drug-likeness (QED) is 0.788. The van der Waals surface area contributed by atoms with Gasteiger partial charge in [-0.3, -0.25) is 4.79 Å². The molecule has 92 valence electrons. The van der Waals surface area contributed by atoms with Crippen LogP contribution in [-0.2, 0) is 4.79 Å². The standard InChI is InChI=1S/C13H18N2O2/c1-2-17-12-5-3-4-11(8-12)15-13(16)9-14-10-6-7-10/h3-5,8,10,14H,2,6-7,9H2,1H3,(H,15,16). The SMILES string of the molecule is CCOc1cccc(NC(=O)CNC2CC2)c1. The molecule has 1 fully saturated rings. The van der Waals surface area contributed by atoms with Gasteiger partial charge in [-0.15, -0.1) is 0 Å². The highest BCUT2D eigenvalue weighted by Crippen LogP contribution is 2.19. The summed E-state index contributed by atoms with van der Waals surface area (Å²) in [7, 11) is 0. The Morgan fingerprint density at radius 2 is 2.29 bits per heavy atom. The number of anilines is 1. The molecular weight excluding hydrogens is 216 g/mol. The fraction of sp³-hybridized carbons (Fsp3) is 0.462. The number of ether oxygens (including phenoxy) is 1. The third kappa shape index (κ3) is 4.07. The first-order valence-corrected chi connectivity index (χ1v) is 6.04. The number of carbonyl (C=O) groups excluding carboxylic acids is 1. The summed E-state index contributed by atoms with van der Waals surface area (Å²) < 4.78 is 5.37. The molecule has 1 saturated carbocycles. The first-order valence-electron chi connectivity index (χ1n) is 6.04. The van der Waals surface area contributed by atoms with Crippen molar-refractivity contribution in [2.75, 3.05) is 18.5 Å². The van der Waals surface area contributed by atoms with E-state index in [0.29, 0.717) is 19.2 Å². The van der Waals surface area contributed by atoms with Crippen LogP contribution in [0.5, 0.6) is 5.75 Å². The lowest BCUT2D eigenvalue weighted by Gasteiger charge is -2.08. The maximum atomic E-state index is 11.6. The number of hydrogen-bond acceptors (Lipinski definition) is 3. The number of hydrogen-bond donors (Lipinski definition) is 2. The van der Waals surface area contributed by atoms with E-state index in [0.717, 1.165) is 11.4 Å². The van der Waals surface area contributed by atoms with E-state index in [9.17, 15) is 4.79 Å². The summed E-state index contributed by atoms with van der Waals surface area (Å²) in [5.41, 5.74) is 0.776. The van der Waals surface area contributed by atoms with Gasteiger partial charge in [0.05, 0.1) is 13.2 Å². The van der Waals surface area contributed by atoms with E-state index >= 15 is 0 Å². The predicted octanol–water partition coefficient (Wildman–Crippen LogP) is 1.78. The van der Waals surface area contributed by atoms with E-state index in [1.54, 1.807) is 0 Å². The third-order valence-corrected chi connectivity index (χ3v) is 2.56. The lowest BCUT2D eigenvalue weighted by molar-refractivity contribution is -0.115. The van der Waals surface area contributed by atoms with Crippen LogP contribution in [0.25, 0.3) is 0 Å². The van der Waals surface area contributed by atoms with Crippen molar-refractivity contribution >= 4 is 11.6 Å². The number of carbonyl (C=O) groups is 1. The summed E-state index contributed by atoms with van der Waals surface area (Å²) in [5.74, 6) is 0.769. The minimum absolute atomic E-state index is 0.00875. The van der Waals surface area contributed by atoms with Gasteiger partial charge in [-0.25, -0.2) is 0 Å². The van der Waals surface area contributed by atoms with Crippen molar-refractivity contribution in [3.8, 4) is 5.75 Å². The fourth-order valence-electron chi connectivity index (χ4n) is 1.56. The van der Waals surface area contributed by atoms with Gasteiger partial charge in [-0.2, -0.15) is 0 Å². The predicted molar refractivity (Wildman–Crippen MR) is 67.3 cm³/mol. The average Bonchev–Trinajstić information content (AvgIpc) is 3.11. The molecule has 4 heteroatoms. The molecule has 1 amide bonds. The topological polar surface area (TPSA) is 50.4 Å². The zero-order chi connectivity index (χ0) is 12.1. The molecule has 17 heavy (non-hydrogen) atoms. The van der Waals surface area contributed by atoms with Crippen LogP contribution in [0.1, 0.15) is 19.8 Å². The van der Waals surface area contributed by atoms with E-state index in [-0.39, 0.29) is 5.91 Å². The van der Waals surface area contributed by atoms with Crippen molar-refractivity contribution in [1.29, 1.82) is 0 Å². The molecule has 2 N–H and O–H groups in total. The smallest absolute Gasteiger partial charge is 0.238 e. The summed E-state index contributed by atoms with van der Waals surface area (Å²) in [4.78, 5) is 11.6. The van der Waals surface area contributed by atoms with Crippen LogP contribution < -0.4 is 15.4 Å². The van der Waals surface area contributed by atoms with Crippen LogP contribution in [0.15, 0.2) is 24.3 Å². The molecule has 2 rings (SSSR count). The van der Waals surface area contributed by atoms with Crippen molar-refractivity contribution in [1.82, 2.24) is 5.32 Å². The Hall–Kier alpha value is -1.55. The number of nitrogens with one attached hydrogen (secondary N) is 2. The summed E-state index contributed by atoms with van der Waals surface area (Å²) in [5, 5.41) is 6.02. The van der Waals surface area contributed by atoms with E-state index in [1.165, 1.54) is 12.8 Å². The molecule has 1 aliphatic carbocycles. The molecule has 0 aliphatic heterocycles. The van der Waals surface area contributed by atoms with Crippen LogP contribution in [0.3, 0.4) is 0 Å². The Morgan fingerprint density at radius 3 is 3.00 bits per heavy atom. The van der Waals surface area contributed by atoms with Gasteiger partial charge in [0.2, 0.25) is 5.91 Å². The van der Waals surface area contributed by atoms with Gasteiger partial charge in [0.15, 0.2) is 0 Å². The molecule has 4 nitrogen and oxygen atoms in total. The Labute approximate surface area is 101 Å². The van der Waals surface area contributed by atoms with Crippen LogP contribution in [0.4, 0.5) is 5.69 Å². The Balaban J connectivity index is 1.83. The molecule has 1 aromatic rings. The highest BCUT2D eigenvalue weighted by molar-refractivity contribution is 5.92. The van der Waals surface area contributed by atoms with Gasteiger partial charge in [0.1, 0.15) is 5.75 Å². The van der Waals surface area contributed by atoms with Crippen LogP contribution in [0.2, 0.25) is 0 Å². The number of rotatable bonds is 6. The van der Waals surface area contributed by atoms with Crippen LogP contribution >= 0.6 is 0 Å². The van der Waals surface area contributed by atoms with Crippen molar-refractivity contribution in [2.24, 2.45) is 0 Å². The second-order valence-corrected chi connectivity index (χ2v) is 4.16. The lowest BCUT2D eigenvalue weighted by atomic mass is 10.3. The van der Waals surface area contributed by atoms with Gasteiger partial charge in [0, 0.05) is 17.8 Å². The summed E-state index contributed by atoms with van der Waals surface area (Å²) in [6.07, 6.45) is 2.38. The van der Waals surface area contributed by atoms with E-state index < -0.39 is 0 Å².